The fourth-order valence-electron chi connectivity index (χ4n) is 2.92. The van der Waals surface area contributed by atoms with E-state index < -0.39 is 0 Å². The molecule has 0 saturated carbocycles. The molecule has 7 heteroatoms. The zero-order valence-corrected chi connectivity index (χ0v) is 14.4. The third kappa shape index (κ3) is 2.89. The number of halogens is 1. The Bertz CT molecular complexity index is 939. The first-order valence-electron chi connectivity index (χ1n) is 8.08. The summed E-state index contributed by atoms with van der Waals surface area (Å²) in [5.74, 6) is 0.682. The summed E-state index contributed by atoms with van der Waals surface area (Å²) in [6, 6.07) is 7.16. The molecule has 126 valence electrons. The number of nitrogens with zero attached hydrogens (tertiary/aromatic N) is 5. The predicted octanol–water partition coefficient (Wildman–Crippen LogP) is 3.03. The minimum atomic E-state index is -0.116. The molecule has 25 heavy (non-hydrogen) atoms. The molecule has 0 unspecified atom stereocenters. The number of hydrogen-bond acceptors (Lipinski definition) is 4. The van der Waals surface area contributed by atoms with Crippen LogP contribution in [-0.2, 0) is 19.5 Å². The highest BCUT2D eigenvalue weighted by molar-refractivity contribution is 6.33. The third-order valence-electron chi connectivity index (χ3n) is 4.26. The summed E-state index contributed by atoms with van der Waals surface area (Å²) in [4.78, 5) is 23.6. The zero-order chi connectivity index (χ0) is 17.4. The van der Waals surface area contributed by atoms with Crippen LogP contribution in [-0.4, -0.2) is 30.6 Å². The van der Waals surface area contributed by atoms with E-state index in [0.717, 1.165) is 29.2 Å². The van der Waals surface area contributed by atoms with Crippen molar-refractivity contribution in [3.63, 3.8) is 0 Å². The van der Waals surface area contributed by atoms with Gasteiger partial charge in [0.25, 0.3) is 5.91 Å². The van der Waals surface area contributed by atoms with Gasteiger partial charge in [-0.1, -0.05) is 18.5 Å². The maximum Gasteiger partial charge on any atom is 0.256 e. The highest BCUT2D eigenvalue weighted by atomic mass is 35.5. The van der Waals surface area contributed by atoms with E-state index >= 15 is 0 Å². The molecule has 3 aromatic rings. The third-order valence-corrected chi connectivity index (χ3v) is 4.59. The average molecular weight is 354 g/mol. The summed E-state index contributed by atoms with van der Waals surface area (Å²) in [6.45, 7) is 2.99. The van der Waals surface area contributed by atoms with Crippen molar-refractivity contribution in [1.82, 2.24) is 24.6 Å². The van der Waals surface area contributed by atoms with Crippen LogP contribution in [0.5, 0.6) is 0 Å². The lowest BCUT2D eigenvalue weighted by molar-refractivity contribution is 0.0750. The van der Waals surface area contributed by atoms with Gasteiger partial charge in [0, 0.05) is 37.1 Å². The van der Waals surface area contributed by atoms with Crippen LogP contribution in [0, 0.1) is 0 Å². The molecule has 0 spiro atoms. The van der Waals surface area contributed by atoms with Crippen molar-refractivity contribution in [2.24, 2.45) is 0 Å². The van der Waals surface area contributed by atoms with E-state index in [-0.39, 0.29) is 5.91 Å². The summed E-state index contributed by atoms with van der Waals surface area (Å²) in [5.41, 5.74) is 3.16. The highest BCUT2D eigenvalue weighted by Crippen LogP contribution is 2.26. The number of hydrogen-bond donors (Lipinski definition) is 0. The fraction of sp³-hybridized carbons (Fsp3) is 0.222. The molecule has 0 radical (unpaired) electrons. The van der Waals surface area contributed by atoms with Gasteiger partial charge in [0.15, 0.2) is 0 Å². The fourth-order valence-corrected chi connectivity index (χ4v) is 3.12. The lowest BCUT2D eigenvalue weighted by Crippen LogP contribution is -2.25. The maximum atomic E-state index is 13.0. The Balaban J connectivity index is 1.63. The zero-order valence-electron chi connectivity index (χ0n) is 13.7. The second kappa shape index (κ2) is 6.29. The summed E-state index contributed by atoms with van der Waals surface area (Å²) >= 11 is 6.28. The van der Waals surface area contributed by atoms with Crippen molar-refractivity contribution < 1.29 is 4.79 Å². The van der Waals surface area contributed by atoms with Gasteiger partial charge in [-0.05, 0) is 24.3 Å². The van der Waals surface area contributed by atoms with Gasteiger partial charge in [-0.3, -0.25) is 4.79 Å². The minimum absolute atomic E-state index is 0.116. The van der Waals surface area contributed by atoms with Crippen LogP contribution in [0.3, 0.4) is 0 Å². The number of amides is 1. The number of benzene rings is 1. The monoisotopic (exact) mass is 353 g/mol. The van der Waals surface area contributed by atoms with Crippen molar-refractivity contribution in [2.45, 2.75) is 26.4 Å². The molecule has 1 aliphatic heterocycles. The molecular weight excluding hydrogens is 338 g/mol. The quantitative estimate of drug-likeness (QED) is 0.726. The molecule has 0 bridgehead atoms. The number of carbonyl (C=O) groups excluding carboxylic acids is 1. The molecule has 1 aromatic carbocycles. The van der Waals surface area contributed by atoms with Gasteiger partial charge in [0.05, 0.1) is 28.5 Å². The largest absolute Gasteiger partial charge is 0.328 e. The maximum absolute atomic E-state index is 13.0. The lowest BCUT2D eigenvalue weighted by atomic mass is 10.1. The van der Waals surface area contributed by atoms with Gasteiger partial charge in [-0.25, -0.2) is 14.6 Å². The van der Waals surface area contributed by atoms with Crippen LogP contribution in [0.15, 0.2) is 42.9 Å². The summed E-state index contributed by atoms with van der Waals surface area (Å²) < 4.78 is 1.70. The molecule has 2 aromatic heterocycles. The van der Waals surface area contributed by atoms with Crippen LogP contribution >= 0.6 is 11.6 Å². The van der Waals surface area contributed by atoms with E-state index in [0.29, 0.717) is 23.7 Å². The Morgan fingerprint density at radius 2 is 2.20 bits per heavy atom. The molecule has 1 amide bonds. The van der Waals surface area contributed by atoms with E-state index in [9.17, 15) is 4.79 Å². The molecular formula is C18H16ClN5O. The smallest absolute Gasteiger partial charge is 0.256 e. The molecule has 0 N–H and O–H groups in total. The van der Waals surface area contributed by atoms with Gasteiger partial charge in [0.1, 0.15) is 5.82 Å². The van der Waals surface area contributed by atoms with Gasteiger partial charge in [0.2, 0.25) is 0 Å². The van der Waals surface area contributed by atoms with Crippen molar-refractivity contribution in [3.05, 3.63) is 70.5 Å². The Hall–Kier alpha value is -2.73. The Kier molecular flexibility index (Phi) is 3.97. The van der Waals surface area contributed by atoms with E-state index in [1.54, 1.807) is 27.9 Å². The van der Waals surface area contributed by atoms with Gasteiger partial charge >= 0.3 is 0 Å². The van der Waals surface area contributed by atoms with Crippen LogP contribution in [0.2, 0.25) is 5.02 Å². The van der Waals surface area contributed by atoms with Crippen LogP contribution < -0.4 is 0 Å². The Morgan fingerprint density at radius 3 is 2.96 bits per heavy atom. The van der Waals surface area contributed by atoms with Gasteiger partial charge < -0.3 is 4.90 Å². The SMILES string of the molecule is CCc1ncc2c(n1)CN(C(=O)c1cc(-n3cccn3)ccc1Cl)C2. The van der Waals surface area contributed by atoms with E-state index in [2.05, 4.69) is 15.1 Å². The molecule has 0 atom stereocenters. The van der Waals surface area contributed by atoms with E-state index in [4.69, 9.17) is 11.6 Å². The van der Waals surface area contributed by atoms with Crippen LogP contribution in [0.25, 0.3) is 5.69 Å². The van der Waals surface area contributed by atoms with Crippen LogP contribution in [0.1, 0.15) is 34.4 Å². The van der Waals surface area contributed by atoms with Crippen molar-refractivity contribution >= 4 is 17.5 Å². The number of rotatable bonds is 3. The summed E-state index contributed by atoms with van der Waals surface area (Å²) in [5, 5.41) is 4.62. The van der Waals surface area contributed by atoms with Gasteiger partial charge in [-0.15, -0.1) is 0 Å². The summed E-state index contributed by atoms with van der Waals surface area (Å²) in [7, 11) is 0. The Labute approximate surface area is 150 Å². The second-order valence-corrected chi connectivity index (χ2v) is 6.29. The van der Waals surface area contributed by atoms with Crippen molar-refractivity contribution in [3.8, 4) is 5.69 Å². The van der Waals surface area contributed by atoms with Gasteiger partial charge in [-0.2, -0.15) is 5.10 Å². The normalized spacial score (nSPS) is 13.1. The predicted molar refractivity (Wildman–Crippen MR) is 93.6 cm³/mol. The van der Waals surface area contributed by atoms with E-state index in [1.165, 1.54) is 0 Å². The van der Waals surface area contributed by atoms with Crippen LogP contribution in [0.4, 0.5) is 0 Å². The number of fused-ring (bicyclic) bond motifs is 1. The first-order valence-corrected chi connectivity index (χ1v) is 8.46. The molecule has 0 saturated heterocycles. The first-order chi connectivity index (χ1) is 12.2. The first kappa shape index (κ1) is 15.8. The molecule has 3 heterocycles. The molecule has 1 aliphatic rings. The topological polar surface area (TPSA) is 63.9 Å². The molecule has 0 fully saturated rings. The number of carbonyl (C=O) groups is 1. The number of aromatic nitrogens is 4. The molecule has 6 nitrogen and oxygen atoms in total. The molecule has 0 aliphatic carbocycles. The van der Waals surface area contributed by atoms with E-state index in [1.807, 2.05) is 31.5 Å². The number of aryl methyl sites for hydroxylation is 1. The molecule has 4 rings (SSSR count). The highest BCUT2D eigenvalue weighted by Gasteiger charge is 2.27. The second-order valence-electron chi connectivity index (χ2n) is 5.89. The minimum Gasteiger partial charge on any atom is -0.328 e. The standard InChI is InChI=1S/C18H16ClN5O/c1-2-17-20-9-12-10-23(11-16(12)22-17)18(25)14-8-13(4-5-15(14)19)24-7-3-6-21-24/h3-9H,2,10-11H2,1H3. The Morgan fingerprint density at radius 1 is 1.32 bits per heavy atom. The van der Waals surface area contributed by atoms with Crippen molar-refractivity contribution in [1.29, 1.82) is 0 Å². The summed E-state index contributed by atoms with van der Waals surface area (Å²) in [6.07, 6.45) is 6.11. The van der Waals surface area contributed by atoms with Crippen molar-refractivity contribution in [2.75, 3.05) is 0 Å². The average Bonchev–Trinajstić information content (AvgIpc) is 3.30. The lowest BCUT2D eigenvalue weighted by Gasteiger charge is -2.16.